The number of aromatic nitrogens is 2. The highest BCUT2D eigenvalue weighted by Crippen LogP contribution is 2.14. The fourth-order valence-electron chi connectivity index (χ4n) is 1.91. The van der Waals surface area contributed by atoms with Crippen LogP contribution in [0.4, 0.5) is 0 Å². The van der Waals surface area contributed by atoms with E-state index in [4.69, 9.17) is 5.11 Å². The second kappa shape index (κ2) is 6.02. The molecule has 1 aromatic heterocycles. The largest absolute Gasteiger partial charge is 0.480 e. The van der Waals surface area contributed by atoms with E-state index in [1.54, 1.807) is 0 Å². The van der Waals surface area contributed by atoms with Crippen molar-refractivity contribution < 1.29 is 22.5 Å². The maximum absolute atomic E-state index is 12.1. The van der Waals surface area contributed by atoms with Crippen LogP contribution in [0, 0.1) is 0 Å². The summed E-state index contributed by atoms with van der Waals surface area (Å²) in [5.74, 6) is -0.114. The summed E-state index contributed by atoms with van der Waals surface area (Å²) in [6, 6.07) is -0.236. The van der Waals surface area contributed by atoms with E-state index in [0.29, 0.717) is 24.3 Å². The highest BCUT2D eigenvalue weighted by molar-refractivity contribution is 7.89. The quantitative estimate of drug-likeness (QED) is 0.730. The summed E-state index contributed by atoms with van der Waals surface area (Å²) >= 11 is 0. The van der Waals surface area contributed by atoms with Gasteiger partial charge in [0.15, 0.2) is 0 Å². The molecule has 0 atom stereocenters. The molecular weight excluding hydrogens is 306 g/mol. The van der Waals surface area contributed by atoms with E-state index in [2.05, 4.69) is 9.82 Å². The molecule has 0 spiro atoms. The zero-order valence-electron chi connectivity index (χ0n) is 10.6. The van der Waals surface area contributed by atoms with Crippen LogP contribution in [0.15, 0.2) is 17.3 Å². The molecular formula is C10H15N3O5S2. The Morgan fingerprint density at radius 1 is 1.50 bits per heavy atom. The van der Waals surface area contributed by atoms with Gasteiger partial charge in [0.25, 0.3) is 0 Å². The predicted octanol–water partition coefficient (Wildman–Crippen LogP) is -0.843. The molecule has 2 rings (SSSR count). The van der Waals surface area contributed by atoms with E-state index in [0.717, 1.165) is 10.9 Å². The van der Waals surface area contributed by atoms with E-state index >= 15 is 0 Å². The number of carboxylic acids is 1. The minimum absolute atomic E-state index is 0.0644. The van der Waals surface area contributed by atoms with Gasteiger partial charge >= 0.3 is 5.97 Å². The lowest BCUT2D eigenvalue weighted by Crippen LogP contribution is -2.39. The predicted molar refractivity (Wildman–Crippen MR) is 71.1 cm³/mol. The van der Waals surface area contributed by atoms with Gasteiger partial charge < -0.3 is 5.11 Å². The maximum atomic E-state index is 12.1. The van der Waals surface area contributed by atoms with Gasteiger partial charge in [0, 0.05) is 34.5 Å². The topological polar surface area (TPSA) is 118 Å². The molecule has 1 fully saturated rings. The Hall–Kier alpha value is -1.26. The van der Waals surface area contributed by atoms with E-state index in [1.807, 2.05) is 0 Å². The average Bonchev–Trinajstić information content (AvgIpc) is 2.80. The van der Waals surface area contributed by atoms with Crippen molar-refractivity contribution in [3.05, 3.63) is 12.4 Å². The Morgan fingerprint density at radius 2 is 2.15 bits per heavy atom. The molecule has 0 bridgehead atoms. The molecule has 0 aromatic carbocycles. The third-order valence-corrected chi connectivity index (χ3v) is 5.78. The zero-order chi connectivity index (χ0) is 14.8. The van der Waals surface area contributed by atoms with Crippen molar-refractivity contribution in [3.8, 4) is 0 Å². The van der Waals surface area contributed by atoms with Gasteiger partial charge in [0.05, 0.1) is 6.20 Å². The van der Waals surface area contributed by atoms with Crippen LogP contribution in [-0.4, -0.2) is 51.0 Å². The summed E-state index contributed by atoms with van der Waals surface area (Å²) < 4.78 is 39.0. The number of hydrogen-bond donors (Lipinski definition) is 2. The molecule has 1 aromatic rings. The van der Waals surface area contributed by atoms with Crippen molar-refractivity contribution in [1.82, 2.24) is 14.5 Å². The van der Waals surface area contributed by atoms with Gasteiger partial charge in [-0.05, 0) is 12.8 Å². The Bertz CT molecular complexity index is 615. The average molecular weight is 321 g/mol. The third kappa shape index (κ3) is 3.87. The van der Waals surface area contributed by atoms with Crippen LogP contribution in [0.3, 0.4) is 0 Å². The monoisotopic (exact) mass is 321 g/mol. The van der Waals surface area contributed by atoms with Crippen molar-refractivity contribution in [2.45, 2.75) is 30.3 Å². The van der Waals surface area contributed by atoms with Gasteiger partial charge in [-0.1, -0.05) is 0 Å². The van der Waals surface area contributed by atoms with Gasteiger partial charge in [-0.3, -0.25) is 13.7 Å². The first-order valence-electron chi connectivity index (χ1n) is 5.98. The smallest absolute Gasteiger partial charge is 0.325 e. The molecule has 0 amide bonds. The first kappa shape index (κ1) is 15.1. The molecule has 1 saturated heterocycles. The second-order valence-electron chi connectivity index (χ2n) is 4.51. The number of nitrogens with one attached hydrogen (secondary N) is 1. The van der Waals surface area contributed by atoms with Crippen molar-refractivity contribution >= 4 is 26.8 Å². The highest BCUT2D eigenvalue weighted by atomic mass is 32.2. The van der Waals surface area contributed by atoms with Crippen molar-refractivity contribution in [1.29, 1.82) is 0 Å². The minimum atomic E-state index is -3.72. The van der Waals surface area contributed by atoms with Crippen LogP contribution in [0.25, 0.3) is 0 Å². The normalized spacial score (nSPS) is 23.6. The summed E-state index contributed by atoms with van der Waals surface area (Å²) in [7, 11) is -4.57. The summed E-state index contributed by atoms with van der Waals surface area (Å²) in [6.45, 7) is -0.391. The minimum Gasteiger partial charge on any atom is -0.480 e. The van der Waals surface area contributed by atoms with Crippen LogP contribution >= 0.6 is 0 Å². The molecule has 112 valence electrons. The summed E-state index contributed by atoms with van der Waals surface area (Å²) in [6.07, 6.45) is 3.37. The Balaban J connectivity index is 2.04. The first-order chi connectivity index (χ1) is 9.37. The Labute approximate surface area is 118 Å². The summed E-state index contributed by atoms with van der Waals surface area (Å²) in [4.78, 5) is 10.5. The lowest BCUT2D eigenvalue weighted by molar-refractivity contribution is -0.137. The van der Waals surface area contributed by atoms with Gasteiger partial charge in [-0.15, -0.1) is 0 Å². The number of nitrogens with zero attached hydrogens (tertiary/aromatic N) is 2. The van der Waals surface area contributed by atoms with Crippen LogP contribution in [0.1, 0.15) is 12.8 Å². The molecule has 1 aliphatic rings. The molecule has 20 heavy (non-hydrogen) atoms. The fourth-order valence-corrected chi connectivity index (χ4v) is 4.46. The molecule has 1 aliphatic heterocycles. The number of rotatable bonds is 5. The molecule has 10 heteroatoms. The lowest BCUT2D eigenvalue weighted by atomic mass is 10.2. The summed E-state index contributed by atoms with van der Waals surface area (Å²) in [5.41, 5.74) is 0. The van der Waals surface area contributed by atoms with E-state index in [9.17, 15) is 17.4 Å². The highest BCUT2D eigenvalue weighted by Gasteiger charge is 2.25. The first-order valence-corrected chi connectivity index (χ1v) is 8.95. The number of carboxylic acid groups (broad SMARTS) is 1. The molecule has 8 nitrogen and oxygen atoms in total. The SMILES string of the molecule is O=C(O)Cn1cc(S(=O)(=O)NC2CCS(=O)CC2)cn1. The van der Waals surface area contributed by atoms with E-state index < -0.39 is 33.3 Å². The standard InChI is InChI=1S/C10H15N3O5S2/c14-10(15)7-13-6-9(5-11-13)20(17,18)12-8-1-3-19(16)4-2-8/h5-6,8,12H,1-4,7H2,(H,14,15). The van der Waals surface area contributed by atoms with Crippen LogP contribution in [0.2, 0.25) is 0 Å². The van der Waals surface area contributed by atoms with Crippen molar-refractivity contribution in [2.75, 3.05) is 11.5 Å². The van der Waals surface area contributed by atoms with Crippen LogP contribution in [0.5, 0.6) is 0 Å². The molecule has 2 N–H and O–H groups in total. The van der Waals surface area contributed by atoms with Gasteiger partial charge in [-0.25, -0.2) is 13.1 Å². The number of aliphatic carboxylic acids is 1. The molecule has 0 saturated carbocycles. The number of carbonyl (C=O) groups is 1. The molecule has 0 radical (unpaired) electrons. The molecule has 0 aliphatic carbocycles. The van der Waals surface area contributed by atoms with E-state index in [-0.39, 0.29) is 10.9 Å². The lowest BCUT2D eigenvalue weighted by Gasteiger charge is -2.21. The van der Waals surface area contributed by atoms with Gasteiger partial charge in [0.1, 0.15) is 11.4 Å². The van der Waals surface area contributed by atoms with Crippen LogP contribution in [-0.2, 0) is 32.2 Å². The zero-order valence-corrected chi connectivity index (χ0v) is 12.2. The Morgan fingerprint density at radius 3 is 2.75 bits per heavy atom. The third-order valence-electron chi connectivity index (χ3n) is 2.93. The van der Waals surface area contributed by atoms with Crippen molar-refractivity contribution in [3.63, 3.8) is 0 Å². The van der Waals surface area contributed by atoms with E-state index in [1.165, 1.54) is 6.20 Å². The van der Waals surface area contributed by atoms with Gasteiger partial charge in [-0.2, -0.15) is 5.10 Å². The van der Waals surface area contributed by atoms with Crippen LogP contribution < -0.4 is 4.72 Å². The Kier molecular flexibility index (Phi) is 4.55. The fraction of sp³-hybridized carbons (Fsp3) is 0.600. The number of sulfonamides is 1. The molecule has 2 heterocycles. The van der Waals surface area contributed by atoms with Gasteiger partial charge in [0.2, 0.25) is 10.0 Å². The molecule has 0 unspecified atom stereocenters. The number of hydrogen-bond acceptors (Lipinski definition) is 5. The maximum Gasteiger partial charge on any atom is 0.325 e. The second-order valence-corrected chi connectivity index (χ2v) is 7.92. The van der Waals surface area contributed by atoms with Crippen molar-refractivity contribution in [2.24, 2.45) is 0 Å². The summed E-state index contributed by atoms with van der Waals surface area (Å²) in [5, 5.41) is 12.3.